The van der Waals surface area contributed by atoms with Crippen LogP contribution in [0.4, 0.5) is 0 Å². The van der Waals surface area contributed by atoms with Gasteiger partial charge in [-0.25, -0.2) is 0 Å². The normalized spacial score (nSPS) is 13.3. The summed E-state index contributed by atoms with van der Waals surface area (Å²) in [5, 5.41) is 3.05. The van der Waals surface area contributed by atoms with Gasteiger partial charge in [-0.1, -0.05) is 57.2 Å². The Balaban J connectivity index is 2.04. The summed E-state index contributed by atoms with van der Waals surface area (Å²) in [6, 6.07) is 14.5. The summed E-state index contributed by atoms with van der Waals surface area (Å²) in [7, 11) is 0. The van der Waals surface area contributed by atoms with Crippen molar-refractivity contribution >= 4 is 5.91 Å². The standard InChI is InChI=1S/C23H31NO2/c1-7-19-9-11-20(12-10-19)17(5)24-23(25)18(6)26-22-14-16(4)8-13-21(22)15(2)3/h8-15,17-18H,7H2,1-6H3,(H,24,25). The van der Waals surface area contributed by atoms with Crippen molar-refractivity contribution in [2.24, 2.45) is 0 Å². The van der Waals surface area contributed by atoms with Crippen molar-refractivity contribution in [3.63, 3.8) is 0 Å². The Kier molecular flexibility index (Phi) is 6.84. The van der Waals surface area contributed by atoms with Crippen LogP contribution in [-0.4, -0.2) is 12.0 Å². The first-order valence-corrected chi connectivity index (χ1v) is 9.48. The Hall–Kier alpha value is -2.29. The Bertz CT molecular complexity index is 734. The Morgan fingerprint density at radius 3 is 2.27 bits per heavy atom. The van der Waals surface area contributed by atoms with Crippen LogP contribution in [0, 0.1) is 6.92 Å². The molecular weight excluding hydrogens is 322 g/mol. The summed E-state index contributed by atoms with van der Waals surface area (Å²) in [6.45, 7) is 12.2. The highest BCUT2D eigenvalue weighted by Crippen LogP contribution is 2.28. The lowest BCUT2D eigenvalue weighted by molar-refractivity contribution is -0.127. The zero-order chi connectivity index (χ0) is 19.3. The zero-order valence-electron chi connectivity index (χ0n) is 16.8. The van der Waals surface area contributed by atoms with Crippen LogP contribution >= 0.6 is 0 Å². The number of ether oxygens (including phenoxy) is 1. The molecule has 0 spiro atoms. The lowest BCUT2D eigenvalue weighted by Gasteiger charge is -2.21. The molecule has 3 heteroatoms. The quantitative estimate of drug-likeness (QED) is 0.731. The second-order valence-electron chi connectivity index (χ2n) is 7.28. The van der Waals surface area contributed by atoms with Crippen LogP contribution in [0.1, 0.15) is 68.8 Å². The van der Waals surface area contributed by atoms with Gasteiger partial charge in [-0.3, -0.25) is 4.79 Å². The molecule has 2 aromatic carbocycles. The van der Waals surface area contributed by atoms with Gasteiger partial charge < -0.3 is 10.1 Å². The molecule has 0 saturated heterocycles. The van der Waals surface area contributed by atoms with Crippen LogP contribution < -0.4 is 10.1 Å². The molecule has 0 fully saturated rings. The molecule has 0 aliphatic carbocycles. The third kappa shape index (κ3) is 5.10. The van der Waals surface area contributed by atoms with E-state index >= 15 is 0 Å². The summed E-state index contributed by atoms with van der Waals surface area (Å²) in [6.07, 6.45) is 0.465. The maximum absolute atomic E-state index is 12.6. The summed E-state index contributed by atoms with van der Waals surface area (Å²) >= 11 is 0. The van der Waals surface area contributed by atoms with E-state index in [-0.39, 0.29) is 11.9 Å². The molecule has 2 rings (SSSR count). The predicted octanol–water partition coefficient (Wildman–Crippen LogP) is 5.33. The van der Waals surface area contributed by atoms with Crippen molar-refractivity contribution in [2.45, 2.75) is 66.0 Å². The van der Waals surface area contributed by atoms with E-state index in [9.17, 15) is 4.79 Å². The Morgan fingerprint density at radius 1 is 1.04 bits per heavy atom. The molecule has 1 N–H and O–H groups in total. The molecule has 0 radical (unpaired) electrons. The maximum atomic E-state index is 12.6. The number of nitrogens with one attached hydrogen (secondary N) is 1. The van der Waals surface area contributed by atoms with E-state index in [1.165, 1.54) is 5.56 Å². The number of hydrogen-bond acceptors (Lipinski definition) is 2. The molecule has 0 bridgehead atoms. The molecule has 26 heavy (non-hydrogen) atoms. The zero-order valence-corrected chi connectivity index (χ0v) is 16.8. The van der Waals surface area contributed by atoms with Gasteiger partial charge in [0.25, 0.3) is 5.91 Å². The van der Waals surface area contributed by atoms with E-state index in [0.717, 1.165) is 28.9 Å². The van der Waals surface area contributed by atoms with Crippen LogP contribution in [-0.2, 0) is 11.2 Å². The average Bonchev–Trinajstić information content (AvgIpc) is 2.61. The van der Waals surface area contributed by atoms with E-state index in [1.807, 2.05) is 19.9 Å². The van der Waals surface area contributed by atoms with Crippen LogP contribution in [0.25, 0.3) is 0 Å². The number of carbonyl (C=O) groups is 1. The van der Waals surface area contributed by atoms with Gasteiger partial charge in [-0.15, -0.1) is 0 Å². The monoisotopic (exact) mass is 353 g/mol. The Morgan fingerprint density at radius 2 is 1.69 bits per heavy atom. The smallest absolute Gasteiger partial charge is 0.261 e. The highest BCUT2D eigenvalue weighted by Gasteiger charge is 2.19. The summed E-state index contributed by atoms with van der Waals surface area (Å²) in [5.41, 5.74) is 4.64. The van der Waals surface area contributed by atoms with E-state index in [2.05, 4.69) is 62.5 Å². The molecule has 2 unspecified atom stereocenters. The molecule has 0 aliphatic heterocycles. The third-order valence-electron chi connectivity index (χ3n) is 4.71. The van der Waals surface area contributed by atoms with Crippen LogP contribution in [0.3, 0.4) is 0 Å². The molecule has 2 aromatic rings. The molecule has 140 valence electrons. The first-order chi connectivity index (χ1) is 12.3. The van der Waals surface area contributed by atoms with Crippen LogP contribution in [0.15, 0.2) is 42.5 Å². The van der Waals surface area contributed by atoms with Crippen LogP contribution in [0.5, 0.6) is 5.75 Å². The van der Waals surface area contributed by atoms with Gasteiger partial charge in [0.05, 0.1) is 6.04 Å². The lowest BCUT2D eigenvalue weighted by Crippen LogP contribution is -2.38. The van der Waals surface area contributed by atoms with Gasteiger partial charge in [0.15, 0.2) is 6.10 Å². The molecule has 0 heterocycles. The number of amides is 1. The number of aryl methyl sites for hydroxylation is 2. The van der Waals surface area contributed by atoms with Gasteiger partial charge in [0.2, 0.25) is 0 Å². The van der Waals surface area contributed by atoms with Gasteiger partial charge in [0, 0.05) is 0 Å². The fourth-order valence-electron chi connectivity index (χ4n) is 2.92. The first-order valence-electron chi connectivity index (χ1n) is 9.48. The topological polar surface area (TPSA) is 38.3 Å². The highest BCUT2D eigenvalue weighted by atomic mass is 16.5. The van der Waals surface area contributed by atoms with Crippen molar-refractivity contribution in [1.29, 1.82) is 0 Å². The molecule has 0 saturated carbocycles. The van der Waals surface area contributed by atoms with E-state index < -0.39 is 6.10 Å². The number of rotatable bonds is 7. The van der Waals surface area contributed by atoms with Crippen molar-refractivity contribution in [3.8, 4) is 5.75 Å². The lowest BCUT2D eigenvalue weighted by atomic mass is 10.0. The number of hydrogen-bond donors (Lipinski definition) is 1. The number of benzene rings is 2. The fraction of sp³-hybridized carbons (Fsp3) is 0.435. The highest BCUT2D eigenvalue weighted by molar-refractivity contribution is 5.81. The Labute approximate surface area is 157 Å². The SMILES string of the molecule is CCc1ccc(C(C)NC(=O)C(C)Oc2cc(C)ccc2C(C)C)cc1. The van der Waals surface area contributed by atoms with Crippen molar-refractivity contribution < 1.29 is 9.53 Å². The molecule has 3 nitrogen and oxygen atoms in total. The molecule has 0 aromatic heterocycles. The molecule has 2 atom stereocenters. The summed E-state index contributed by atoms with van der Waals surface area (Å²) in [4.78, 5) is 12.6. The second kappa shape index (κ2) is 8.88. The van der Waals surface area contributed by atoms with Crippen LogP contribution in [0.2, 0.25) is 0 Å². The average molecular weight is 354 g/mol. The van der Waals surface area contributed by atoms with Gasteiger partial charge in [0.1, 0.15) is 5.75 Å². The minimum atomic E-state index is -0.549. The largest absolute Gasteiger partial charge is 0.481 e. The minimum Gasteiger partial charge on any atom is -0.481 e. The summed E-state index contributed by atoms with van der Waals surface area (Å²) < 4.78 is 6.01. The maximum Gasteiger partial charge on any atom is 0.261 e. The predicted molar refractivity (Wildman–Crippen MR) is 108 cm³/mol. The van der Waals surface area contributed by atoms with Gasteiger partial charge in [-0.2, -0.15) is 0 Å². The number of carbonyl (C=O) groups excluding carboxylic acids is 1. The first kappa shape index (κ1) is 20.0. The van der Waals surface area contributed by atoms with E-state index in [0.29, 0.717) is 5.92 Å². The fourth-order valence-corrected chi connectivity index (χ4v) is 2.92. The van der Waals surface area contributed by atoms with Gasteiger partial charge >= 0.3 is 0 Å². The third-order valence-corrected chi connectivity index (χ3v) is 4.71. The van der Waals surface area contributed by atoms with E-state index in [4.69, 9.17) is 4.74 Å². The molecule has 1 amide bonds. The van der Waals surface area contributed by atoms with Gasteiger partial charge in [-0.05, 0) is 61.4 Å². The summed E-state index contributed by atoms with van der Waals surface area (Å²) in [5.74, 6) is 1.03. The molecular formula is C23H31NO2. The van der Waals surface area contributed by atoms with Crippen molar-refractivity contribution in [3.05, 3.63) is 64.7 Å². The van der Waals surface area contributed by atoms with Crippen molar-refractivity contribution in [1.82, 2.24) is 5.32 Å². The van der Waals surface area contributed by atoms with Crippen molar-refractivity contribution in [2.75, 3.05) is 0 Å². The van der Waals surface area contributed by atoms with E-state index in [1.54, 1.807) is 6.92 Å². The minimum absolute atomic E-state index is 0.0541. The molecule has 0 aliphatic rings. The second-order valence-corrected chi connectivity index (χ2v) is 7.28.